The Morgan fingerprint density at radius 1 is 0.429 bits per heavy atom. The Hall–Kier alpha value is -10.6. The summed E-state index contributed by atoms with van der Waals surface area (Å²) >= 11 is 0. The van der Waals surface area contributed by atoms with Gasteiger partial charge in [0.25, 0.3) is 5.91 Å². The van der Waals surface area contributed by atoms with E-state index in [9.17, 15) is 19.2 Å². The summed E-state index contributed by atoms with van der Waals surface area (Å²) in [7, 11) is 4.04. The summed E-state index contributed by atoms with van der Waals surface area (Å²) in [5.41, 5.74) is 17.8. The first-order valence-electron chi connectivity index (χ1n) is 30.2. The van der Waals surface area contributed by atoms with Crippen molar-refractivity contribution < 1.29 is 19.2 Å². The Balaban J connectivity index is 0.000000125. The molecule has 0 fully saturated rings. The van der Waals surface area contributed by atoms with Crippen molar-refractivity contribution in [1.29, 1.82) is 0 Å². The number of aryl methyl sites for hydroxylation is 3. The van der Waals surface area contributed by atoms with E-state index in [2.05, 4.69) is 92.4 Å². The number of carbonyl (C=O) groups excluding carboxylic acids is 4. The van der Waals surface area contributed by atoms with Gasteiger partial charge in [-0.2, -0.15) is 0 Å². The number of hydrogen-bond acceptors (Lipinski definition) is 14. The highest BCUT2D eigenvalue weighted by Crippen LogP contribution is 2.51. The Morgan fingerprint density at radius 3 is 1.32 bits per heavy atom. The smallest absolute Gasteiger partial charge is 0.271 e. The van der Waals surface area contributed by atoms with Gasteiger partial charge in [0.05, 0.1) is 63.0 Å². The lowest BCUT2D eigenvalue weighted by Crippen LogP contribution is -2.33. The van der Waals surface area contributed by atoms with E-state index >= 15 is 0 Å². The number of amides is 4. The molecule has 0 saturated heterocycles. The highest BCUT2D eigenvalue weighted by molar-refractivity contribution is 6.15. The van der Waals surface area contributed by atoms with Crippen LogP contribution in [0.1, 0.15) is 128 Å². The molecule has 6 aliphatic heterocycles. The van der Waals surface area contributed by atoms with Gasteiger partial charge in [-0.1, -0.05) is 61.7 Å². The second kappa shape index (κ2) is 21.3. The van der Waals surface area contributed by atoms with Crippen LogP contribution in [0.3, 0.4) is 0 Å². The summed E-state index contributed by atoms with van der Waals surface area (Å²) in [4.78, 5) is 97.4. The van der Waals surface area contributed by atoms with Crippen molar-refractivity contribution in [2.24, 2.45) is 0 Å². The molecule has 15 rings (SSSR count). The molecule has 5 aromatic heterocycles. The first kappa shape index (κ1) is 59.3. The number of aromatic nitrogens is 8. The molecular weight excluding hydrogens is 1140 g/mol. The van der Waals surface area contributed by atoms with Crippen molar-refractivity contribution in [1.82, 2.24) is 55.0 Å². The lowest BCUT2D eigenvalue weighted by Gasteiger charge is -2.21. The van der Waals surface area contributed by atoms with Crippen LogP contribution in [-0.4, -0.2) is 87.4 Å². The summed E-state index contributed by atoms with van der Waals surface area (Å²) in [6, 6.07) is 30.2. The van der Waals surface area contributed by atoms with Gasteiger partial charge in [-0.3, -0.25) is 38.9 Å². The number of rotatable bonds is 6. The lowest BCUT2D eigenvalue weighted by atomic mass is 9.85. The number of hydrogen-bond donors (Lipinski definition) is 1. The van der Waals surface area contributed by atoms with Crippen LogP contribution in [0.4, 0.5) is 34.3 Å². The average molecular weight is 1210 g/mol. The standard InChI is InChI=1S/C25H24N4O.C24H23N5O2.C24H23N5O/c1-15-21-11-20(8-6-18(21)14-28(15)5)29-23-10-17(19-12-26-16(2)27-13-19)7-9-22(23)25(3,4)24(29)30;1-13-25-11-15(12-26-13)14-6-7-16-18(10-14)29(22(31)23(16,2)3)19-9-8-17-20(27-19)21(30)28-24(17,4)5;1-14-19-9-18(12-27-21(19)13-28(14)5)29-22-8-16(17-10-25-15(2)26-11-17)6-7-20(22)24(3,4)23(29)30/h6-13H,1,14H2,2-5H3;6-12H,1-5H3,(H,28,30);6-12H,1,13H2,2-5H3. The molecule has 18 heteroatoms. The SMILES string of the molecule is C=C1c2cc(N3C(=O)C(C)(C)c4ccc(-c5cnc(C)nc5)cc43)ccc2CN1C.C=C1c2cc(N3C(=O)C(C)(C)c4ccc(-c5cnc(C)nc5)cc43)cnc2CN1C.Cc1ncc(-c2ccc3c(c2)N(c2ccc4c(n2)C(=O)NC4(C)C)C(=O)C3(C)C)cn1. The second-order valence-corrected chi connectivity index (χ2v) is 26.3. The molecule has 0 saturated carbocycles. The first-order chi connectivity index (χ1) is 43.1. The Labute approximate surface area is 529 Å². The molecular formula is C73H70N14O4. The first-order valence-corrected chi connectivity index (χ1v) is 30.2. The number of anilines is 6. The minimum absolute atomic E-state index is 0.0357. The number of nitrogens with one attached hydrogen (secondary N) is 1. The normalized spacial score (nSPS) is 17.2. The summed E-state index contributed by atoms with van der Waals surface area (Å²) in [6.07, 6.45) is 12.6. The van der Waals surface area contributed by atoms with E-state index in [1.807, 2.05) is 187 Å². The van der Waals surface area contributed by atoms with Crippen LogP contribution >= 0.6 is 0 Å². The maximum absolute atomic E-state index is 13.5. The zero-order valence-electron chi connectivity index (χ0n) is 53.5. The fourth-order valence-electron chi connectivity index (χ4n) is 13.0. The Kier molecular flexibility index (Phi) is 13.9. The summed E-state index contributed by atoms with van der Waals surface area (Å²) < 4.78 is 0. The van der Waals surface area contributed by atoms with E-state index in [4.69, 9.17) is 0 Å². The van der Waals surface area contributed by atoms with E-state index < -0.39 is 21.8 Å². The minimum atomic E-state index is -0.708. The molecule has 11 heterocycles. The van der Waals surface area contributed by atoms with Crippen molar-refractivity contribution >= 4 is 69.3 Å². The van der Waals surface area contributed by atoms with Crippen LogP contribution in [0, 0.1) is 20.8 Å². The van der Waals surface area contributed by atoms with E-state index in [1.165, 1.54) is 5.56 Å². The van der Waals surface area contributed by atoms with Gasteiger partial charge >= 0.3 is 0 Å². The molecule has 4 amide bonds. The van der Waals surface area contributed by atoms with Crippen molar-refractivity contribution in [2.45, 2.75) is 111 Å². The van der Waals surface area contributed by atoms with Crippen molar-refractivity contribution in [3.63, 3.8) is 0 Å². The average Bonchev–Trinajstić information content (AvgIpc) is 1.60. The van der Waals surface area contributed by atoms with Gasteiger partial charge in [-0.05, 0) is 158 Å². The quantitative estimate of drug-likeness (QED) is 0.165. The number of carbonyl (C=O) groups is 4. The molecule has 0 spiro atoms. The number of pyridine rings is 2. The molecule has 0 atom stereocenters. The van der Waals surface area contributed by atoms with Crippen LogP contribution in [0.5, 0.6) is 0 Å². The van der Waals surface area contributed by atoms with Crippen molar-refractivity contribution in [3.8, 4) is 33.4 Å². The maximum Gasteiger partial charge on any atom is 0.271 e. The molecule has 0 bridgehead atoms. The summed E-state index contributed by atoms with van der Waals surface area (Å²) in [6.45, 7) is 31.1. The van der Waals surface area contributed by atoms with Crippen LogP contribution in [0.2, 0.25) is 0 Å². The fraction of sp³-hybridized carbons (Fsp3) is 0.260. The second-order valence-electron chi connectivity index (χ2n) is 26.3. The third-order valence-electron chi connectivity index (χ3n) is 18.6. The van der Waals surface area contributed by atoms with Crippen molar-refractivity contribution in [3.05, 3.63) is 215 Å². The molecule has 0 unspecified atom stereocenters. The number of benzene rings is 4. The Bertz CT molecular complexity index is 4420. The predicted molar refractivity (Wildman–Crippen MR) is 354 cm³/mol. The zero-order chi connectivity index (χ0) is 64.5. The molecule has 91 heavy (non-hydrogen) atoms. The topological polar surface area (TPSA) is 200 Å². The largest absolute Gasteiger partial charge is 0.370 e. The molecule has 9 aromatic rings. The summed E-state index contributed by atoms with van der Waals surface area (Å²) in [5, 5.41) is 2.94. The van der Waals surface area contributed by atoms with E-state index in [1.54, 1.807) is 28.4 Å². The van der Waals surface area contributed by atoms with Gasteiger partial charge in [0, 0.05) is 108 Å². The highest BCUT2D eigenvalue weighted by atomic mass is 16.2. The Morgan fingerprint density at radius 2 is 0.835 bits per heavy atom. The molecule has 0 aliphatic carbocycles. The summed E-state index contributed by atoms with van der Waals surface area (Å²) in [5.74, 6) is 2.42. The number of fused-ring (bicyclic) bond motifs is 6. The fourth-order valence-corrected chi connectivity index (χ4v) is 13.0. The molecule has 18 nitrogen and oxygen atoms in total. The van der Waals surface area contributed by atoms with Gasteiger partial charge in [0.2, 0.25) is 17.7 Å². The van der Waals surface area contributed by atoms with Crippen LogP contribution in [-0.2, 0) is 49.3 Å². The van der Waals surface area contributed by atoms with Crippen LogP contribution in [0.25, 0.3) is 44.8 Å². The van der Waals surface area contributed by atoms with E-state index in [-0.39, 0.29) is 23.6 Å². The third-order valence-corrected chi connectivity index (χ3v) is 18.6. The van der Waals surface area contributed by atoms with Crippen LogP contribution < -0.4 is 20.0 Å². The molecule has 0 radical (unpaired) electrons. The van der Waals surface area contributed by atoms with Gasteiger partial charge in [-0.15, -0.1) is 0 Å². The predicted octanol–water partition coefficient (Wildman–Crippen LogP) is 12.8. The van der Waals surface area contributed by atoms with Crippen molar-refractivity contribution in [2.75, 3.05) is 28.8 Å². The van der Waals surface area contributed by atoms with Gasteiger partial charge in [0.15, 0.2) is 0 Å². The molecule has 4 aromatic carbocycles. The van der Waals surface area contributed by atoms with E-state index in [0.717, 1.165) is 137 Å². The molecule has 6 aliphatic rings. The van der Waals surface area contributed by atoms with Crippen LogP contribution in [0.15, 0.2) is 148 Å². The highest BCUT2D eigenvalue weighted by Gasteiger charge is 2.48. The van der Waals surface area contributed by atoms with Gasteiger partial charge in [-0.25, -0.2) is 34.9 Å². The van der Waals surface area contributed by atoms with Gasteiger partial charge < -0.3 is 15.1 Å². The third kappa shape index (κ3) is 9.79. The van der Waals surface area contributed by atoms with Gasteiger partial charge in [0.1, 0.15) is 29.0 Å². The zero-order valence-corrected chi connectivity index (χ0v) is 53.5. The molecule has 1 N–H and O–H groups in total. The maximum atomic E-state index is 13.5. The monoisotopic (exact) mass is 1210 g/mol. The lowest BCUT2D eigenvalue weighted by molar-refractivity contribution is -0.122. The molecule has 456 valence electrons. The number of nitrogens with zero attached hydrogens (tertiary/aromatic N) is 13. The minimum Gasteiger partial charge on any atom is -0.370 e. The van der Waals surface area contributed by atoms with E-state index in [0.29, 0.717) is 17.3 Å².